The van der Waals surface area contributed by atoms with E-state index in [0.717, 1.165) is 0 Å². The summed E-state index contributed by atoms with van der Waals surface area (Å²) in [5.74, 6) is -4.29. The number of rotatable bonds is 4. The third-order valence-electron chi connectivity index (χ3n) is 2.44. The van der Waals surface area contributed by atoms with Gasteiger partial charge in [0, 0.05) is 12.1 Å². The fourth-order valence-electron chi connectivity index (χ4n) is 1.38. The van der Waals surface area contributed by atoms with Gasteiger partial charge in [-0.15, -0.1) is 0 Å². The summed E-state index contributed by atoms with van der Waals surface area (Å²) < 4.78 is 52.2. The molecule has 2 N–H and O–H groups in total. The first kappa shape index (κ1) is 12.9. The Labute approximate surface area is 101 Å². The molecule has 1 aromatic carbocycles. The Balaban J connectivity index is 2.49. The van der Waals surface area contributed by atoms with E-state index in [1.54, 1.807) is 0 Å². The van der Waals surface area contributed by atoms with Crippen LogP contribution in [0.4, 0.5) is 8.78 Å². The van der Waals surface area contributed by atoms with E-state index in [1.807, 2.05) is 0 Å². The Hall–Kier alpha value is -1.54. The third-order valence-corrected chi connectivity index (χ3v) is 3.98. The van der Waals surface area contributed by atoms with Gasteiger partial charge in [-0.05, 0) is 18.9 Å². The fraction of sp³-hybridized carbons (Fsp3) is 0.300. The van der Waals surface area contributed by atoms with Gasteiger partial charge >= 0.3 is 5.97 Å². The minimum atomic E-state index is -4.16. The highest BCUT2D eigenvalue weighted by molar-refractivity contribution is 7.89. The van der Waals surface area contributed by atoms with Crippen LogP contribution in [0.25, 0.3) is 0 Å². The number of hydrogen-bond donors (Lipinski definition) is 2. The number of benzene rings is 1. The summed E-state index contributed by atoms with van der Waals surface area (Å²) in [6.07, 6.45) is 1.29. The van der Waals surface area contributed by atoms with Gasteiger partial charge in [0.05, 0.1) is 5.56 Å². The predicted molar refractivity (Wildman–Crippen MR) is 56.7 cm³/mol. The minimum absolute atomic E-state index is 0.255. The molecule has 0 radical (unpaired) electrons. The summed E-state index contributed by atoms with van der Waals surface area (Å²) >= 11 is 0. The van der Waals surface area contributed by atoms with Crippen LogP contribution >= 0.6 is 0 Å². The molecule has 0 spiro atoms. The zero-order valence-electron chi connectivity index (χ0n) is 8.98. The van der Waals surface area contributed by atoms with E-state index in [9.17, 15) is 22.0 Å². The molecule has 0 saturated heterocycles. The highest BCUT2D eigenvalue weighted by Gasteiger charge is 2.31. The Bertz CT molecular complexity index is 611. The van der Waals surface area contributed by atoms with Crippen molar-refractivity contribution in [3.63, 3.8) is 0 Å². The van der Waals surface area contributed by atoms with Crippen LogP contribution in [0.3, 0.4) is 0 Å². The van der Waals surface area contributed by atoms with Crippen LogP contribution in [0.5, 0.6) is 0 Å². The summed E-state index contributed by atoms with van der Waals surface area (Å²) in [7, 11) is -4.16. The van der Waals surface area contributed by atoms with Crippen molar-refractivity contribution < 1.29 is 27.1 Å². The summed E-state index contributed by atoms with van der Waals surface area (Å²) in [6.45, 7) is 0. The zero-order chi connectivity index (χ0) is 13.5. The molecule has 2 rings (SSSR count). The van der Waals surface area contributed by atoms with Crippen molar-refractivity contribution in [2.75, 3.05) is 0 Å². The summed E-state index contributed by atoms with van der Waals surface area (Å²) in [5.41, 5.74) is -0.882. The monoisotopic (exact) mass is 277 g/mol. The van der Waals surface area contributed by atoms with Crippen LogP contribution < -0.4 is 4.72 Å². The molecule has 1 fully saturated rings. The summed E-state index contributed by atoms with van der Waals surface area (Å²) in [5, 5.41) is 8.66. The Morgan fingerprint density at radius 1 is 1.28 bits per heavy atom. The predicted octanol–water partition coefficient (Wildman–Crippen LogP) is 1.10. The van der Waals surface area contributed by atoms with Crippen molar-refractivity contribution >= 4 is 16.0 Å². The van der Waals surface area contributed by atoms with Crippen LogP contribution in [0.1, 0.15) is 23.2 Å². The Kier molecular flexibility index (Phi) is 3.07. The van der Waals surface area contributed by atoms with Gasteiger partial charge in [-0.1, -0.05) is 0 Å². The third kappa shape index (κ3) is 2.49. The van der Waals surface area contributed by atoms with Crippen molar-refractivity contribution in [2.45, 2.75) is 23.8 Å². The maximum atomic E-state index is 13.4. The van der Waals surface area contributed by atoms with E-state index >= 15 is 0 Å². The van der Waals surface area contributed by atoms with Gasteiger partial charge in [0.2, 0.25) is 10.0 Å². The Morgan fingerprint density at radius 3 is 2.39 bits per heavy atom. The molecule has 0 atom stereocenters. The van der Waals surface area contributed by atoms with Crippen LogP contribution in [-0.2, 0) is 10.0 Å². The first-order valence-corrected chi connectivity index (χ1v) is 6.54. The lowest BCUT2D eigenvalue weighted by Gasteiger charge is -2.08. The van der Waals surface area contributed by atoms with E-state index in [2.05, 4.69) is 4.72 Å². The molecule has 1 aliphatic rings. The quantitative estimate of drug-likeness (QED) is 0.863. The molecule has 1 saturated carbocycles. The van der Waals surface area contributed by atoms with Gasteiger partial charge in [-0.3, -0.25) is 0 Å². The van der Waals surface area contributed by atoms with E-state index in [4.69, 9.17) is 5.11 Å². The van der Waals surface area contributed by atoms with Gasteiger partial charge in [-0.25, -0.2) is 26.7 Å². The first-order chi connectivity index (χ1) is 8.31. The van der Waals surface area contributed by atoms with E-state index < -0.39 is 38.1 Å². The lowest BCUT2D eigenvalue weighted by molar-refractivity contribution is 0.0691. The highest BCUT2D eigenvalue weighted by Crippen LogP contribution is 2.24. The van der Waals surface area contributed by atoms with Gasteiger partial charge in [0.15, 0.2) is 0 Å². The number of carboxylic acid groups (broad SMARTS) is 1. The van der Waals surface area contributed by atoms with Crippen LogP contribution in [0.2, 0.25) is 0 Å². The van der Waals surface area contributed by atoms with Crippen molar-refractivity contribution in [1.82, 2.24) is 4.72 Å². The normalized spacial score (nSPS) is 15.7. The van der Waals surface area contributed by atoms with Crippen molar-refractivity contribution in [1.29, 1.82) is 0 Å². The molecule has 0 bridgehead atoms. The standard InChI is InChI=1S/C10H9F2NO4S/c11-7-4-8(12)9(3-6(7)10(14)15)18(16,17)13-5-1-2-5/h3-5,13H,1-2H2,(H,14,15). The molecular weight excluding hydrogens is 268 g/mol. The van der Waals surface area contributed by atoms with Crippen LogP contribution in [0.15, 0.2) is 17.0 Å². The molecule has 0 aliphatic heterocycles. The number of aromatic carboxylic acids is 1. The molecular formula is C10H9F2NO4S. The Morgan fingerprint density at radius 2 is 1.89 bits per heavy atom. The van der Waals surface area contributed by atoms with Gasteiger partial charge in [-0.2, -0.15) is 0 Å². The maximum Gasteiger partial charge on any atom is 0.338 e. The van der Waals surface area contributed by atoms with Crippen molar-refractivity contribution in [2.24, 2.45) is 0 Å². The maximum absolute atomic E-state index is 13.4. The van der Waals surface area contributed by atoms with Gasteiger partial charge < -0.3 is 5.11 Å². The van der Waals surface area contributed by atoms with E-state index in [1.165, 1.54) is 0 Å². The van der Waals surface area contributed by atoms with Gasteiger partial charge in [0.25, 0.3) is 0 Å². The molecule has 0 aromatic heterocycles. The molecule has 18 heavy (non-hydrogen) atoms. The van der Waals surface area contributed by atoms with Crippen LogP contribution in [-0.4, -0.2) is 25.5 Å². The topological polar surface area (TPSA) is 83.5 Å². The number of carbonyl (C=O) groups is 1. The average molecular weight is 277 g/mol. The second-order valence-corrected chi connectivity index (χ2v) is 5.65. The van der Waals surface area contributed by atoms with Crippen LogP contribution in [0, 0.1) is 11.6 Å². The average Bonchev–Trinajstić information content (AvgIpc) is 2.99. The second kappa shape index (κ2) is 4.29. The smallest absolute Gasteiger partial charge is 0.338 e. The summed E-state index contributed by atoms with van der Waals surface area (Å²) in [4.78, 5) is 9.82. The molecule has 0 amide bonds. The summed E-state index contributed by atoms with van der Waals surface area (Å²) in [6, 6.07) is 0.482. The minimum Gasteiger partial charge on any atom is -0.478 e. The first-order valence-electron chi connectivity index (χ1n) is 5.06. The number of nitrogens with one attached hydrogen (secondary N) is 1. The molecule has 1 aliphatic carbocycles. The molecule has 0 unspecified atom stereocenters. The van der Waals surface area contributed by atoms with E-state index in [-0.39, 0.29) is 12.1 Å². The molecule has 5 nitrogen and oxygen atoms in total. The van der Waals surface area contributed by atoms with Gasteiger partial charge in [0.1, 0.15) is 16.5 Å². The van der Waals surface area contributed by atoms with E-state index in [0.29, 0.717) is 18.9 Å². The lowest BCUT2D eigenvalue weighted by Crippen LogP contribution is -2.27. The molecule has 0 heterocycles. The number of sulfonamides is 1. The molecule has 8 heteroatoms. The fourth-order valence-corrected chi connectivity index (χ4v) is 2.77. The highest BCUT2D eigenvalue weighted by atomic mass is 32.2. The largest absolute Gasteiger partial charge is 0.478 e. The van der Waals surface area contributed by atoms with Crippen molar-refractivity contribution in [3.05, 3.63) is 29.3 Å². The molecule has 1 aromatic rings. The molecule has 98 valence electrons. The van der Waals surface area contributed by atoms with Crippen molar-refractivity contribution in [3.8, 4) is 0 Å². The number of hydrogen-bond acceptors (Lipinski definition) is 3. The second-order valence-electron chi connectivity index (χ2n) is 3.96. The number of halogens is 2. The zero-order valence-corrected chi connectivity index (χ0v) is 9.80. The number of carboxylic acids is 1. The SMILES string of the molecule is O=C(O)c1cc(S(=O)(=O)NC2CC2)c(F)cc1F. The lowest BCUT2D eigenvalue weighted by atomic mass is 10.2.